The molecular formula is C28H35FN4O6S. The number of hydrogen-bond acceptors (Lipinski definition) is 8. The van der Waals surface area contributed by atoms with E-state index in [1.807, 2.05) is 6.92 Å². The summed E-state index contributed by atoms with van der Waals surface area (Å²) in [4.78, 5) is 43.9. The second-order valence-corrected chi connectivity index (χ2v) is 12.9. The molecule has 2 saturated heterocycles. The maximum absolute atomic E-state index is 15.2. The second-order valence-electron chi connectivity index (χ2n) is 10.9. The van der Waals surface area contributed by atoms with Gasteiger partial charge in [0, 0.05) is 41.9 Å². The molecule has 3 atom stereocenters. The van der Waals surface area contributed by atoms with Crippen LogP contribution in [0.1, 0.15) is 63.8 Å². The molecule has 1 aromatic carbocycles. The van der Waals surface area contributed by atoms with Crippen LogP contribution >= 0.6 is 0 Å². The lowest BCUT2D eigenvalue weighted by Crippen LogP contribution is -2.61. The minimum absolute atomic E-state index is 0.00306. The van der Waals surface area contributed by atoms with E-state index in [0.29, 0.717) is 37.6 Å². The predicted molar refractivity (Wildman–Crippen MR) is 146 cm³/mol. The van der Waals surface area contributed by atoms with Gasteiger partial charge in [0.2, 0.25) is 11.8 Å². The first-order valence-electron chi connectivity index (χ1n) is 13.3. The fraction of sp³-hybridized carbons (Fsp3) is 0.500. The largest absolute Gasteiger partial charge is 0.598 e. The molecule has 2 fully saturated rings. The van der Waals surface area contributed by atoms with Gasteiger partial charge in [-0.1, -0.05) is 0 Å². The molecule has 2 aromatic rings. The Morgan fingerprint density at radius 1 is 1.20 bits per heavy atom. The van der Waals surface area contributed by atoms with Gasteiger partial charge in [-0.3, -0.25) is 24.8 Å². The highest BCUT2D eigenvalue weighted by atomic mass is 32.2. The summed E-state index contributed by atoms with van der Waals surface area (Å²) >= 11 is -1.60. The molecule has 1 aromatic heterocycles. The zero-order chi connectivity index (χ0) is 29.0. The fourth-order valence-corrected chi connectivity index (χ4v) is 5.45. The van der Waals surface area contributed by atoms with Crippen LogP contribution in [0.15, 0.2) is 36.5 Å². The maximum atomic E-state index is 15.2. The standard InChI is InChI=1S/C28H35FN4O6S/c1-17-5-6-20(16-30-17)39-19-7-9-23(29)22(15-19)24(32-40(37)28(2,3)4)10-8-21-25(34)31-27(36)33(26(21)35)18-11-13-38-14-12-18/h5-7,9,15-16,18,21,24,32H,8,10-14H2,1-4H3,(H,31,34,36)/t21?,24-,40+/m1/s1. The number of carbonyl (C=O) groups excluding carboxylic acids is 3. The molecule has 0 radical (unpaired) electrons. The summed E-state index contributed by atoms with van der Waals surface area (Å²) < 4.78 is 41.8. The highest BCUT2D eigenvalue weighted by Crippen LogP contribution is 2.32. The van der Waals surface area contributed by atoms with Crippen molar-refractivity contribution in [1.29, 1.82) is 0 Å². The van der Waals surface area contributed by atoms with Crippen LogP contribution in [0.2, 0.25) is 0 Å². The van der Waals surface area contributed by atoms with Crippen molar-refractivity contribution in [2.75, 3.05) is 13.2 Å². The lowest BCUT2D eigenvalue weighted by Gasteiger charge is -2.37. The summed E-state index contributed by atoms with van der Waals surface area (Å²) in [6.45, 7) is 8.03. The van der Waals surface area contributed by atoms with E-state index in [9.17, 15) is 18.9 Å². The van der Waals surface area contributed by atoms with Crippen molar-refractivity contribution in [3.05, 3.63) is 53.6 Å². The lowest BCUT2D eigenvalue weighted by atomic mass is 9.92. The van der Waals surface area contributed by atoms with Crippen LogP contribution in [0.4, 0.5) is 9.18 Å². The number of imide groups is 2. The number of rotatable bonds is 9. The van der Waals surface area contributed by atoms with E-state index in [2.05, 4.69) is 15.0 Å². The number of barbiturate groups is 1. The third-order valence-corrected chi connectivity index (χ3v) is 8.48. The van der Waals surface area contributed by atoms with Crippen LogP contribution < -0.4 is 14.8 Å². The van der Waals surface area contributed by atoms with E-state index in [1.54, 1.807) is 39.1 Å². The highest BCUT2D eigenvalue weighted by molar-refractivity contribution is 7.90. The van der Waals surface area contributed by atoms with E-state index in [-0.39, 0.29) is 24.4 Å². The zero-order valence-corrected chi connectivity index (χ0v) is 23.9. The van der Waals surface area contributed by atoms with Crippen LogP contribution in [-0.4, -0.2) is 56.3 Å². The summed E-state index contributed by atoms with van der Waals surface area (Å²) in [7, 11) is 0. The van der Waals surface area contributed by atoms with Gasteiger partial charge in [-0.2, -0.15) is 0 Å². The molecule has 12 heteroatoms. The summed E-state index contributed by atoms with van der Waals surface area (Å²) in [5.41, 5.74) is 0.996. The number of pyridine rings is 1. The van der Waals surface area contributed by atoms with Crippen molar-refractivity contribution < 1.29 is 32.8 Å². The third kappa shape index (κ3) is 7.17. The number of aryl methyl sites for hydroxylation is 1. The normalized spacial score (nSPS) is 20.3. The Morgan fingerprint density at radius 3 is 2.55 bits per heavy atom. The molecule has 4 rings (SSSR count). The Morgan fingerprint density at radius 2 is 1.90 bits per heavy atom. The third-order valence-electron chi connectivity index (χ3n) is 6.87. The van der Waals surface area contributed by atoms with E-state index in [4.69, 9.17) is 9.47 Å². The number of urea groups is 1. The molecular weight excluding hydrogens is 539 g/mol. The number of amides is 4. The molecule has 0 bridgehead atoms. The van der Waals surface area contributed by atoms with Crippen molar-refractivity contribution in [2.45, 2.75) is 70.2 Å². The summed E-state index contributed by atoms with van der Waals surface area (Å²) in [6.07, 6.45) is 2.63. The molecule has 40 heavy (non-hydrogen) atoms. The average molecular weight is 575 g/mol. The molecule has 1 unspecified atom stereocenters. The summed E-state index contributed by atoms with van der Waals surface area (Å²) in [6, 6.07) is 5.86. The van der Waals surface area contributed by atoms with Gasteiger partial charge in [0.25, 0.3) is 0 Å². The van der Waals surface area contributed by atoms with Gasteiger partial charge in [-0.25, -0.2) is 9.18 Å². The van der Waals surface area contributed by atoms with E-state index in [0.717, 1.165) is 10.6 Å². The Labute approximate surface area is 236 Å². The SMILES string of the molecule is Cc1ccc(Oc2ccc(F)c([C@@H](CCC3C(=O)NC(=O)N(C4CCOCC4)C3=O)N[S@@+]([O-])C(C)(C)C)c2)cn1. The van der Waals surface area contributed by atoms with Gasteiger partial charge in [-0.15, -0.1) is 4.72 Å². The first-order valence-corrected chi connectivity index (χ1v) is 14.4. The molecule has 0 spiro atoms. The molecule has 2 aliphatic heterocycles. The quantitative estimate of drug-likeness (QED) is 0.338. The molecule has 0 saturated carbocycles. The Bertz CT molecular complexity index is 1230. The topological polar surface area (TPSA) is 133 Å². The van der Waals surface area contributed by atoms with Gasteiger partial charge in [-0.05, 0) is 83.7 Å². The van der Waals surface area contributed by atoms with Crippen LogP contribution in [0, 0.1) is 18.7 Å². The fourth-order valence-electron chi connectivity index (χ4n) is 4.60. The predicted octanol–water partition coefficient (Wildman–Crippen LogP) is 4.07. The minimum Gasteiger partial charge on any atom is -0.598 e. The van der Waals surface area contributed by atoms with Gasteiger partial charge in [0.05, 0.1) is 12.2 Å². The number of benzene rings is 1. The average Bonchev–Trinajstić information content (AvgIpc) is 2.90. The van der Waals surface area contributed by atoms with E-state index >= 15 is 4.39 Å². The molecule has 4 amide bonds. The zero-order valence-electron chi connectivity index (χ0n) is 23.1. The molecule has 0 aliphatic carbocycles. The van der Waals surface area contributed by atoms with Crippen LogP contribution in [-0.2, 0) is 25.7 Å². The van der Waals surface area contributed by atoms with Crippen molar-refractivity contribution in [3.63, 3.8) is 0 Å². The monoisotopic (exact) mass is 574 g/mol. The lowest BCUT2D eigenvalue weighted by molar-refractivity contribution is -0.145. The van der Waals surface area contributed by atoms with Gasteiger partial charge >= 0.3 is 6.03 Å². The van der Waals surface area contributed by atoms with Crippen molar-refractivity contribution >= 4 is 29.2 Å². The number of carbonyl (C=O) groups is 3. The molecule has 2 N–H and O–H groups in total. The van der Waals surface area contributed by atoms with Gasteiger partial charge in [0.1, 0.15) is 28.0 Å². The number of nitrogens with zero attached hydrogens (tertiary/aromatic N) is 2. The Hall–Kier alpha value is -3.06. The van der Waals surface area contributed by atoms with Crippen LogP contribution in [0.3, 0.4) is 0 Å². The smallest absolute Gasteiger partial charge is 0.331 e. The van der Waals surface area contributed by atoms with E-state index in [1.165, 1.54) is 18.2 Å². The van der Waals surface area contributed by atoms with Crippen LogP contribution in [0.5, 0.6) is 11.5 Å². The minimum atomic E-state index is -1.60. The maximum Gasteiger partial charge on any atom is 0.331 e. The number of nitrogens with one attached hydrogen (secondary N) is 2. The van der Waals surface area contributed by atoms with Gasteiger partial charge < -0.3 is 14.0 Å². The summed E-state index contributed by atoms with van der Waals surface area (Å²) in [5, 5.41) is 2.29. The molecule has 10 nitrogen and oxygen atoms in total. The van der Waals surface area contributed by atoms with Crippen molar-refractivity contribution in [1.82, 2.24) is 19.9 Å². The van der Waals surface area contributed by atoms with E-state index < -0.39 is 51.7 Å². The first kappa shape index (κ1) is 29.9. The number of hydrogen-bond donors (Lipinski definition) is 2. The van der Waals surface area contributed by atoms with Crippen molar-refractivity contribution in [2.24, 2.45) is 5.92 Å². The van der Waals surface area contributed by atoms with Crippen molar-refractivity contribution in [3.8, 4) is 11.5 Å². The molecule has 216 valence electrons. The first-order chi connectivity index (χ1) is 18.9. The second kappa shape index (κ2) is 12.6. The van der Waals surface area contributed by atoms with Crippen LogP contribution in [0.25, 0.3) is 0 Å². The molecule has 3 heterocycles. The number of halogens is 1. The highest BCUT2D eigenvalue weighted by Gasteiger charge is 2.44. The number of ether oxygens (including phenoxy) is 2. The van der Waals surface area contributed by atoms with Gasteiger partial charge in [0.15, 0.2) is 0 Å². The number of aromatic nitrogens is 1. The summed E-state index contributed by atoms with van der Waals surface area (Å²) in [5.74, 6) is -2.17. The molecule has 2 aliphatic rings. The Balaban J connectivity index is 1.57. The Kier molecular flexibility index (Phi) is 9.44.